The number of carbonyl (C=O) groups excluding carboxylic acids is 1. The Labute approximate surface area is 177 Å². The van der Waals surface area contributed by atoms with Crippen molar-refractivity contribution in [1.82, 2.24) is 0 Å². The highest BCUT2D eigenvalue weighted by Crippen LogP contribution is 2.42. The van der Waals surface area contributed by atoms with Gasteiger partial charge in [0, 0.05) is 5.82 Å². The van der Waals surface area contributed by atoms with Gasteiger partial charge in [0.2, 0.25) is 0 Å². The van der Waals surface area contributed by atoms with E-state index in [1.807, 2.05) is 58.0 Å². The molecule has 1 heterocycles. The van der Waals surface area contributed by atoms with Crippen LogP contribution in [0.4, 0.5) is 4.39 Å². The van der Waals surface area contributed by atoms with Crippen LogP contribution in [0.2, 0.25) is 0 Å². The molecule has 0 N–H and O–H groups in total. The molecule has 7 heteroatoms. The lowest BCUT2D eigenvalue weighted by atomic mass is 9.66. The monoisotopic (exact) mass is 414 g/mol. The topological polar surface area (TPSA) is 54.0 Å². The lowest BCUT2D eigenvalue weighted by Gasteiger charge is -2.32. The highest BCUT2D eigenvalue weighted by atomic mass is 19.1. The van der Waals surface area contributed by atoms with Gasteiger partial charge >= 0.3 is 13.1 Å². The molecule has 1 atom stereocenters. The Kier molecular flexibility index (Phi) is 6.53. The standard InChI is InChI=1S/C23H28BFO5/c1-22(2)23(3,4)30-24(29-22)20(14-21(26)27-5)17-9-11-19(12-10-17)28-15-16-7-6-8-18(25)13-16/h6-13,20H,14-15H2,1-5H3. The van der Waals surface area contributed by atoms with E-state index in [0.717, 1.165) is 11.1 Å². The van der Waals surface area contributed by atoms with Crippen LogP contribution in [0.3, 0.4) is 0 Å². The van der Waals surface area contributed by atoms with E-state index in [4.69, 9.17) is 18.8 Å². The van der Waals surface area contributed by atoms with Crippen molar-refractivity contribution >= 4 is 13.1 Å². The van der Waals surface area contributed by atoms with Gasteiger partial charge in [-0.2, -0.15) is 0 Å². The first-order valence-electron chi connectivity index (χ1n) is 10.0. The smallest absolute Gasteiger partial charge is 0.466 e. The summed E-state index contributed by atoms with van der Waals surface area (Å²) in [4.78, 5) is 12.0. The van der Waals surface area contributed by atoms with Crippen LogP contribution in [-0.4, -0.2) is 31.4 Å². The van der Waals surface area contributed by atoms with Crippen LogP contribution in [0, 0.1) is 5.82 Å². The average Bonchev–Trinajstić information content (AvgIpc) is 2.92. The van der Waals surface area contributed by atoms with E-state index >= 15 is 0 Å². The summed E-state index contributed by atoms with van der Waals surface area (Å²) < 4.78 is 36.3. The summed E-state index contributed by atoms with van der Waals surface area (Å²) in [6, 6.07) is 13.7. The van der Waals surface area contributed by atoms with Crippen LogP contribution in [-0.2, 0) is 25.4 Å². The van der Waals surface area contributed by atoms with Crippen LogP contribution in [0.25, 0.3) is 0 Å². The first-order chi connectivity index (χ1) is 14.1. The quantitative estimate of drug-likeness (QED) is 0.486. The minimum Gasteiger partial charge on any atom is -0.489 e. The number of ether oxygens (including phenoxy) is 2. The second-order valence-electron chi connectivity index (χ2n) is 8.50. The predicted molar refractivity (Wildman–Crippen MR) is 113 cm³/mol. The maximum Gasteiger partial charge on any atom is 0.466 e. The van der Waals surface area contributed by atoms with E-state index in [1.165, 1.54) is 19.2 Å². The van der Waals surface area contributed by atoms with Crippen molar-refractivity contribution in [3.8, 4) is 5.75 Å². The molecule has 0 aromatic heterocycles. The maximum atomic E-state index is 13.3. The molecule has 2 aromatic carbocycles. The van der Waals surface area contributed by atoms with E-state index < -0.39 is 18.3 Å². The molecule has 160 valence electrons. The van der Waals surface area contributed by atoms with E-state index in [0.29, 0.717) is 5.75 Å². The maximum absolute atomic E-state index is 13.3. The summed E-state index contributed by atoms with van der Waals surface area (Å²) in [5, 5.41) is 0. The van der Waals surface area contributed by atoms with Gasteiger partial charge in [-0.3, -0.25) is 4.79 Å². The molecule has 0 spiro atoms. The van der Waals surface area contributed by atoms with Gasteiger partial charge in [-0.25, -0.2) is 4.39 Å². The Hall–Kier alpha value is -2.38. The Bertz CT molecular complexity index is 865. The second-order valence-corrected chi connectivity index (χ2v) is 8.50. The van der Waals surface area contributed by atoms with Crippen molar-refractivity contribution in [3.05, 3.63) is 65.5 Å². The first-order valence-corrected chi connectivity index (χ1v) is 10.0. The molecule has 0 bridgehead atoms. The molecule has 1 fully saturated rings. The Morgan fingerprint density at radius 3 is 2.27 bits per heavy atom. The summed E-state index contributed by atoms with van der Waals surface area (Å²) in [5.74, 6) is -0.301. The molecule has 0 radical (unpaired) electrons. The fourth-order valence-corrected chi connectivity index (χ4v) is 3.29. The third-order valence-electron chi connectivity index (χ3n) is 5.82. The summed E-state index contributed by atoms with van der Waals surface area (Å²) in [7, 11) is 0.792. The largest absolute Gasteiger partial charge is 0.489 e. The van der Waals surface area contributed by atoms with Gasteiger partial charge in [0.05, 0.1) is 24.7 Å². The lowest BCUT2D eigenvalue weighted by Crippen LogP contribution is -2.41. The normalized spacial score (nSPS) is 18.1. The van der Waals surface area contributed by atoms with E-state index in [1.54, 1.807) is 6.07 Å². The van der Waals surface area contributed by atoms with Gasteiger partial charge in [0.1, 0.15) is 18.2 Å². The number of carbonyl (C=O) groups is 1. The van der Waals surface area contributed by atoms with E-state index in [-0.39, 0.29) is 30.6 Å². The van der Waals surface area contributed by atoms with Gasteiger partial charge in [0.25, 0.3) is 0 Å². The summed E-state index contributed by atoms with van der Waals surface area (Å²) >= 11 is 0. The van der Waals surface area contributed by atoms with Crippen LogP contribution in [0.1, 0.15) is 51.1 Å². The van der Waals surface area contributed by atoms with Crippen LogP contribution in [0.5, 0.6) is 5.75 Å². The number of hydrogen-bond acceptors (Lipinski definition) is 5. The van der Waals surface area contributed by atoms with Crippen LogP contribution < -0.4 is 4.74 Å². The summed E-state index contributed by atoms with van der Waals surface area (Å²) in [6.45, 7) is 8.17. The molecule has 5 nitrogen and oxygen atoms in total. The van der Waals surface area contributed by atoms with E-state index in [9.17, 15) is 9.18 Å². The molecule has 1 aliphatic rings. The highest BCUT2D eigenvalue weighted by molar-refractivity contribution is 6.48. The first kappa shape index (κ1) is 22.3. The van der Waals surface area contributed by atoms with Crippen molar-refractivity contribution in [2.75, 3.05) is 7.11 Å². The van der Waals surface area contributed by atoms with Crippen molar-refractivity contribution in [3.63, 3.8) is 0 Å². The molecular formula is C23H28BFO5. The summed E-state index contributed by atoms with van der Waals surface area (Å²) in [5.41, 5.74) is 0.636. The predicted octanol–water partition coefficient (Wildman–Crippen LogP) is 4.68. The lowest BCUT2D eigenvalue weighted by molar-refractivity contribution is -0.140. The fourth-order valence-electron chi connectivity index (χ4n) is 3.29. The average molecular weight is 414 g/mol. The number of esters is 1. The molecule has 0 amide bonds. The number of methoxy groups -OCH3 is 1. The number of rotatable bonds is 7. The Morgan fingerprint density at radius 2 is 1.70 bits per heavy atom. The molecule has 0 saturated carbocycles. The minimum atomic E-state index is -0.576. The van der Waals surface area contributed by atoms with Crippen LogP contribution >= 0.6 is 0 Å². The van der Waals surface area contributed by atoms with Crippen molar-refractivity contribution in [2.24, 2.45) is 0 Å². The van der Waals surface area contributed by atoms with Gasteiger partial charge in [0.15, 0.2) is 0 Å². The van der Waals surface area contributed by atoms with Crippen molar-refractivity contribution in [1.29, 1.82) is 0 Å². The minimum absolute atomic E-state index is 0.136. The van der Waals surface area contributed by atoms with Gasteiger partial charge < -0.3 is 18.8 Å². The second kappa shape index (κ2) is 8.78. The third kappa shape index (κ3) is 5.02. The zero-order chi connectivity index (χ0) is 21.9. The molecular weight excluding hydrogens is 386 g/mol. The highest BCUT2D eigenvalue weighted by Gasteiger charge is 2.54. The molecule has 3 rings (SSSR count). The zero-order valence-corrected chi connectivity index (χ0v) is 18.1. The molecule has 30 heavy (non-hydrogen) atoms. The van der Waals surface area contributed by atoms with Gasteiger partial charge in [-0.1, -0.05) is 24.3 Å². The Morgan fingerprint density at radius 1 is 1.07 bits per heavy atom. The third-order valence-corrected chi connectivity index (χ3v) is 5.82. The SMILES string of the molecule is COC(=O)CC(B1OC(C)(C)C(C)(C)O1)c1ccc(OCc2cccc(F)c2)cc1. The molecule has 1 unspecified atom stereocenters. The Balaban J connectivity index is 1.74. The molecule has 2 aromatic rings. The number of benzene rings is 2. The number of halogens is 1. The van der Waals surface area contributed by atoms with Crippen molar-refractivity contribution < 1.29 is 28.0 Å². The molecule has 0 aliphatic carbocycles. The zero-order valence-electron chi connectivity index (χ0n) is 18.1. The fraction of sp³-hybridized carbons (Fsp3) is 0.435. The molecule has 1 aliphatic heterocycles. The molecule has 1 saturated heterocycles. The van der Waals surface area contributed by atoms with Crippen molar-refractivity contribution in [2.45, 2.75) is 57.7 Å². The summed E-state index contributed by atoms with van der Waals surface area (Å²) in [6.07, 6.45) is 0.136. The van der Waals surface area contributed by atoms with Gasteiger partial charge in [-0.15, -0.1) is 0 Å². The van der Waals surface area contributed by atoms with Crippen LogP contribution in [0.15, 0.2) is 48.5 Å². The van der Waals surface area contributed by atoms with Gasteiger partial charge in [-0.05, 0) is 63.1 Å². The van der Waals surface area contributed by atoms with E-state index in [2.05, 4.69) is 0 Å². The number of hydrogen-bond donors (Lipinski definition) is 0.